The third-order valence-electron chi connectivity index (χ3n) is 5.29. The zero-order valence-corrected chi connectivity index (χ0v) is 17.4. The molecule has 0 heterocycles. The Hall–Kier alpha value is -2.81. The molecule has 0 aromatic heterocycles. The van der Waals surface area contributed by atoms with Crippen molar-refractivity contribution < 1.29 is 13.9 Å². The molecular formula is C26H29FO2. The Labute approximate surface area is 173 Å². The molecule has 3 rings (SSSR count). The second kappa shape index (κ2) is 10.1. The molecule has 0 amide bonds. The Kier molecular flexibility index (Phi) is 7.29. The van der Waals surface area contributed by atoms with Crippen LogP contribution in [0, 0.1) is 5.82 Å². The molecule has 3 aromatic rings. The number of hydrogen-bond acceptors (Lipinski definition) is 2. The van der Waals surface area contributed by atoms with Gasteiger partial charge in [0.1, 0.15) is 11.5 Å². The van der Waals surface area contributed by atoms with Crippen molar-refractivity contribution in [3.63, 3.8) is 0 Å². The molecule has 29 heavy (non-hydrogen) atoms. The number of halogens is 1. The summed E-state index contributed by atoms with van der Waals surface area (Å²) in [6.07, 6.45) is 2.08. The van der Waals surface area contributed by atoms with Gasteiger partial charge in [0.05, 0.1) is 6.61 Å². The zero-order valence-electron chi connectivity index (χ0n) is 17.4. The van der Waals surface area contributed by atoms with Gasteiger partial charge < -0.3 is 9.47 Å². The summed E-state index contributed by atoms with van der Waals surface area (Å²) in [6.45, 7) is 7.10. The minimum atomic E-state index is -0.340. The summed E-state index contributed by atoms with van der Waals surface area (Å²) >= 11 is 0. The van der Waals surface area contributed by atoms with Gasteiger partial charge in [-0.05, 0) is 79.1 Å². The highest BCUT2D eigenvalue weighted by Gasteiger charge is 2.14. The van der Waals surface area contributed by atoms with Crippen molar-refractivity contribution in [1.82, 2.24) is 0 Å². The lowest BCUT2D eigenvalue weighted by atomic mass is 9.89. The smallest absolute Gasteiger partial charge is 0.165 e. The third kappa shape index (κ3) is 5.83. The van der Waals surface area contributed by atoms with Gasteiger partial charge in [-0.25, -0.2) is 4.39 Å². The lowest BCUT2D eigenvalue weighted by Gasteiger charge is -2.18. The minimum absolute atomic E-state index is 0.278. The second-order valence-corrected chi connectivity index (χ2v) is 7.49. The fourth-order valence-electron chi connectivity index (χ4n) is 3.41. The monoisotopic (exact) mass is 392 g/mol. The van der Waals surface area contributed by atoms with Crippen LogP contribution in [-0.2, 0) is 0 Å². The Balaban J connectivity index is 1.61. The molecule has 0 aliphatic rings. The van der Waals surface area contributed by atoms with Crippen LogP contribution in [-0.4, -0.2) is 6.61 Å². The molecule has 0 saturated heterocycles. The summed E-state index contributed by atoms with van der Waals surface area (Å²) in [6, 6.07) is 22.9. The van der Waals surface area contributed by atoms with E-state index in [-0.39, 0.29) is 11.6 Å². The lowest BCUT2D eigenvalue weighted by Crippen LogP contribution is -2.00. The highest BCUT2D eigenvalue weighted by Crippen LogP contribution is 2.32. The van der Waals surface area contributed by atoms with E-state index in [2.05, 4.69) is 26.0 Å². The first-order valence-corrected chi connectivity index (χ1v) is 10.3. The maximum atomic E-state index is 14.2. The fraction of sp³-hybridized carbons (Fsp3) is 0.308. The van der Waals surface area contributed by atoms with Crippen molar-refractivity contribution in [2.24, 2.45) is 0 Å². The van der Waals surface area contributed by atoms with Crippen molar-refractivity contribution in [3.05, 3.63) is 89.7 Å². The molecule has 0 radical (unpaired) electrons. The average molecular weight is 393 g/mol. The van der Waals surface area contributed by atoms with Crippen LogP contribution in [0.15, 0.2) is 72.8 Å². The summed E-state index contributed by atoms with van der Waals surface area (Å²) < 4.78 is 25.5. The quantitative estimate of drug-likeness (QED) is 0.371. The molecule has 3 heteroatoms. The number of para-hydroxylation sites is 1. The van der Waals surface area contributed by atoms with Crippen LogP contribution in [0.1, 0.15) is 56.6 Å². The molecule has 3 aromatic carbocycles. The van der Waals surface area contributed by atoms with Gasteiger partial charge >= 0.3 is 0 Å². The predicted molar refractivity (Wildman–Crippen MR) is 117 cm³/mol. The van der Waals surface area contributed by atoms with Crippen LogP contribution in [0.3, 0.4) is 0 Å². The molecule has 0 fully saturated rings. The van der Waals surface area contributed by atoms with E-state index in [1.165, 1.54) is 11.6 Å². The van der Waals surface area contributed by atoms with Crippen molar-refractivity contribution >= 4 is 0 Å². The number of benzene rings is 3. The summed E-state index contributed by atoms with van der Waals surface area (Å²) in [5, 5.41) is 0. The van der Waals surface area contributed by atoms with Crippen molar-refractivity contribution in [3.8, 4) is 17.2 Å². The van der Waals surface area contributed by atoms with E-state index in [0.717, 1.165) is 24.2 Å². The van der Waals surface area contributed by atoms with Crippen LogP contribution >= 0.6 is 0 Å². The number of hydrogen-bond donors (Lipinski definition) is 0. The predicted octanol–water partition coefficient (Wildman–Crippen LogP) is 7.70. The summed E-state index contributed by atoms with van der Waals surface area (Å²) in [4.78, 5) is 0. The molecule has 152 valence electrons. The lowest BCUT2D eigenvalue weighted by molar-refractivity contribution is 0.340. The van der Waals surface area contributed by atoms with Crippen molar-refractivity contribution in [2.45, 2.75) is 45.4 Å². The van der Waals surface area contributed by atoms with Gasteiger partial charge in [0.15, 0.2) is 11.6 Å². The maximum Gasteiger partial charge on any atom is 0.165 e. The summed E-state index contributed by atoms with van der Waals surface area (Å²) in [5.41, 5.74) is 2.41. The Morgan fingerprint density at radius 1 is 0.759 bits per heavy atom. The standard InChI is InChI=1S/C26H29FO2/c1-4-28-23-15-12-21(13-16-23)19(2)10-11-20(3)22-14-17-25(27)26(18-22)29-24-8-6-5-7-9-24/h5-9,12-20H,4,10-11H2,1-3H3. The van der Waals surface area contributed by atoms with Crippen LogP contribution < -0.4 is 9.47 Å². The highest BCUT2D eigenvalue weighted by molar-refractivity contribution is 5.36. The maximum absolute atomic E-state index is 14.2. The molecule has 0 spiro atoms. The highest BCUT2D eigenvalue weighted by atomic mass is 19.1. The van der Waals surface area contributed by atoms with Gasteiger partial charge in [-0.15, -0.1) is 0 Å². The largest absolute Gasteiger partial charge is 0.494 e. The summed E-state index contributed by atoms with van der Waals surface area (Å²) in [7, 11) is 0. The van der Waals surface area contributed by atoms with Gasteiger partial charge in [-0.2, -0.15) is 0 Å². The normalized spacial score (nSPS) is 13.0. The summed E-state index contributed by atoms with van der Waals surface area (Å²) in [5.74, 6) is 2.26. The number of rotatable bonds is 9. The van der Waals surface area contributed by atoms with Gasteiger partial charge in [-0.3, -0.25) is 0 Å². The van der Waals surface area contributed by atoms with Crippen molar-refractivity contribution in [2.75, 3.05) is 6.61 Å². The molecule has 2 unspecified atom stereocenters. The molecule has 0 bridgehead atoms. The van der Waals surface area contributed by atoms with E-state index in [4.69, 9.17) is 9.47 Å². The third-order valence-corrected chi connectivity index (χ3v) is 5.29. The minimum Gasteiger partial charge on any atom is -0.494 e. The van der Waals surface area contributed by atoms with Gasteiger partial charge in [0.25, 0.3) is 0 Å². The molecular weight excluding hydrogens is 363 g/mol. The first-order valence-electron chi connectivity index (χ1n) is 10.3. The Morgan fingerprint density at radius 3 is 2.03 bits per heavy atom. The van der Waals surface area contributed by atoms with Crippen LogP contribution in [0.4, 0.5) is 4.39 Å². The van der Waals surface area contributed by atoms with E-state index < -0.39 is 0 Å². The molecule has 0 aliphatic heterocycles. The first-order chi connectivity index (χ1) is 14.1. The molecule has 2 atom stereocenters. The van der Waals surface area contributed by atoms with E-state index in [1.807, 2.05) is 61.5 Å². The van der Waals surface area contributed by atoms with E-state index in [1.54, 1.807) is 0 Å². The van der Waals surface area contributed by atoms with Crippen molar-refractivity contribution in [1.29, 1.82) is 0 Å². The van der Waals surface area contributed by atoms with E-state index in [9.17, 15) is 4.39 Å². The van der Waals surface area contributed by atoms with Gasteiger partial charge in [-0.1, -0.05) is 50.2 Å². The van der Waals surface area contributed by atoms with Crippen LogP contribution in [0.5, 0.6) is 17.2 Å². The number of ether oxygens (including phenoxy) is 2. The molecule has 0 N–H and O–H groups in total. The second-order valence-electron chi connectivity index (χ2n) is 7.49. The van der Waals surface area contributed by atoms with Gasteiger partial charge in [0, 0.05) is 0 Å². The fourth-order valence-corrected chi connectivity index (χ4v) is 3.41. The average Bonchev–Trinajstić information content (AvgIpc) is 2.75. The zero-order chi connectivity index (χ0) is 20.6. The Bertz CT molecular complexity index is 890. The van der Waals surface area contributed by atoms with E-state index >= 15 is 0 Å². The van der Waals surface area contributed by atoms with E-state index in [0.29, 0.717) is 24.2 Å². The molecule has 0 aliphatic carbocycles. The SMILES string of the molecule is CCOc1ccc(C(C)CCC(C)c2ccc(F)c(Oc3ccccc3)c2)cc1. The first kappa shape index (κ1) is 20.9. The molecule has 0 saturated carbocycles. The molecule has 2 nitrogen and oxygen atoms in total. The van der Waals surface area contributed by atoms with Crippen LogP contribution in [0.25, 0.3) is 0 Å². The van der Waals surface area contributed by atoms with Crippen LogP contribution in [0.2, 0.25) is 0 Å². The Morgan fingerprint density at radius 2 is 1.38 bits per heavy atom. The van der Waals surface area contributed by atoms with Gasteiger partial charge in [0.2, 0.25) is 0 Å². The topological polar surface area (TPSA) is 18.5 Å².